The van der Waals surface area contributed by atoms with Crippen LogP contribution in [0.15, 0.2) is 0 Å². The van der Waals surface area contributed by atoms with Gasteiger partial charge in [-0.1, -0.05) is 0 Å². The van der Waals surface area contributed by atoms with Crippen molar-refractivity contribution >= 4 is 12.5 Å². The van der Waals surface area contributed by atoms with Gasteiger partial charge in [0.15, 0.2) is 0 Å². The Kier molecular flexibility index (Phi) is 16.4. The van der Waals surface area contributed by atoms with E-state index in [-0.39, 0.29) is 46.2 Å². The Morgan fingerprint density at radius 2 is 1.41 bits per heavy atom. The van der Waals surface area contributed by atoms with Crippen LogP contribution in [0.3, 0.4) is 0 Å². The summed E-state index contributed by atoms with van der Waals surface area (Å²) >= 11 is 0. The molecule has 161 valence electrons. The maximum Gasteiger partial charge on any atom is 0.410 e. The molecular formula is C23H36N2O3Y-2. The fraction of sp³-hybridized carbons (Fsp3) is 0.696. The minimum atomic E-state index is -0.410. The molecular weight excluding hydrogens is 441 g/mol. The Balaban J connectivity index is 0. The van der Waals surface area contributed by atoms with Gasteiger partial charge in [-0.05, 0) is 71.4 Å². The monoisotopic (exact) mass is 477 g/mol. The van der Waals surface area contributed by atoms with Crippen LogP contribution in [0.2, 0.25) is 0 Å². The molecule has 5 nitrogen and oxygen atoms in total. The topological polar surface area (TPSA) is 49.9 Å². The van der Waals surface area contributed by atoms with Crippen molar-refractivity contribution in [1.29, 1.82) is 0 Å². The Morgan fingerprint density at radius 3 is 1.76 bits per heavy atom. The van der Waals surface area contributed by atoms with Crippen molar-refractivity contribution in [2.45, 2.75) is 64.9 Å². The number of hydrogen-bond acceptors (Lipinski definition) is 3. The number of hydrogen-bond donors (Lipinski definition) is 0. The molecule has 2 saturated heterocycles. The Hall–Kier alpha value is -1.04. The van der Waals surface area contributed by atoms with Gasteiger partial charge in [0.05, 0.1) is 0 Å². The Morgan fingerprint density at radius 1 is 1.00 bits per heavy atom. The molecule has 2 heterocycles. The molecule has 2 aliphatic rings. The minimum absolute atomic E-state index is 0. The average Bonchev–Trinajstić information content (AvgIpc) is 2.63. The van der Waals surface area contributed by atoms with E-state index in [2.05, 4.69) is 11.8 Å². The van der Waals surface area contributed by atoms with Gasteiger partial charge in [-0.25, -0.2) is 4.79 Å². The molecule has 6 heteroatoms. The van der Waals surface area contributed by atoms with Crippen LogP contribution in [-0.2, 0) is 42.2 Å². The number of rotatable bonds is 3. The van der Waals surface area contributed by atoms with E-state index < -0.39 is 5.60 Å². The molecule has 0 saturated carbocycles. The summed E-state index contributed by atoms with van der Waals surface area (Å²) in [6.45, 7) is 8.84. The van der Waals surface area contributed by atoms with Gasteiger partial charge in [0.2, 0.25) is 0 Å². The van der Waals surface area contributed by atoms with E-state index in [1.165, 1.54) is 0 Å². The SMILES string of the molecule is C#CCC1CCN(C(=O)OC(C)(C)C)CC1.C#CCC1CCN([C-]=O)CC1.[CH3-].[Y]. The second-order valence-corrected chi connectivity index (χ2v) is 8.25. The molecule has 0 atom stereocenters. The third kappa shape index (κ3) is 13.0. The van der Waals surface area contributed by atoms with Crippen molar-refractivity contribution in [2.24, 2.45) is 11.8 Å². The van der Waals surface area contributed by atoms with Crippen molar-refractivity contribution in [3.63, 3.8) is 0 Å². The zero-order valence-corrected chi connectivity index (χ0v) is 21.4. The summed E-state index contributed by atoms with van der Waals surface area (Å²) in [4.78, 5) is 25.4. The number of carbonyl (C=O) groups is 1. The zero-order valence-electron chi connectivity index (χ0n) is 18.6. The summed E-state index contributed by atoms with van der Waals surface area (Å²) < 4.78 is 5.32. The van der Waals surface area contributed by atoms with Gasteiger partial charge in [-0.15, -0.1) is 24.7 Å². The molecule has 0 unspecified atom stereocenters. The van der Waals surface area contributed by atoms with Crippen molar-refractivity contribution in [3.05, 3.63) is 7.43 Å². The summed E-state index contributed by atoms with van der Waals surface area (Å²) in [5, 5.41) is 0. The van der Waals surface area contributed by atoms with Crippen LogP contribution in [0, 0.1) is 44.0 Å². The number of piperidine rings is 2. The largest absolute Gasteiger partial charge is 0.520 e. The first-order valence-corrected chi connectivity index (χ1v) is 9.76. The van der Waals surface area contributed by atoms with E-state index in [0.717, 1.165) is 64.7 Å². The zero-order chi connectivity index (χ0) is 20.3. The third-order valence-corrected chi connectivity index (χ3v) is 4.82. The van der Waals surface area contributed by atoms with Crippen molar-refractivity contribution in [1.82, 2.24) is 9.80 Å². The number of ether oxygens (including phenoxy) is 1. The molecule has 0 aromatic carbocycles. The van der Waals surface area contributed by atoms with Crippen LogP contribution in [0.4, 0.5) is 4.79 Å². The van der Waals surface area contributed by atoms with Crippen LogP contribution in [-0.4, -0.2) is 54.1 Å². The maximum atomic E-state index is 11.7. The molecule has 2 amide bonds. The first kappa shape index (κ1) is 30.2. The molecule has 2 fully saturated rings. The first-order chi connectivity index (χ1) is 12.8. The van der Waals surface area contributed by atoms with Gasteiger partial charge in [0.1, 0.15) is 5.60 Å². The molecule has 0 spiro atoms. The third-order valence-electron chi connectivity index (χ3n) is 4.82. The van der Waals surface area contributed by atoms with E-state index in [0.29, 0.717) is 11.8 Å². The van der Waals surface area contributed by atoms with Gasteiger partial charge in [0.25, 0.3) is 0 Å². The van der Waals surface area contributed by atoms with Crippen LogP contribution in [0.1, 0.15) is 59.3 Å². The van der Waals surface area contributed by atoms with Crippen molar-refractivity contribution in [2.75, 3.05) is 26.2 Å². The summed E-state index contributed by atoms with van der Waals surface area (Å²) in [5.41, 5.74) is -0.410. The van der Waals surface area contributed by atoms with E-state index in [9.17, 15) is 9.59 Å². The minimum Gasteiger partial charge on any atom is -0.520 e. The van der Waals surface area contributed by atoms with Gasteiger partial charge in [-0.2, -0.15) is 6.41 Å². The number of terminal acetylenes is 2. The normalized spacial score (nSPS) is 17.3. The predicted molar refractivity (Wildman–Crippen MR) is 114 cm³/mol. The molecule has 0 bridgehead atoms. The van der Waals surface area contributed by atoms with Gasteiger partial charge in [-0.3, -0.25) is 0 Å². The Bertz CT molecular complexity index is 544. The van der Waals surface area contributed by atoms with E-state index in [1.807, 2.05) is 27.2 Å². The summed E-state index contributed by atoms with van der Waals surface area (Å²) in [5.74, 6) is 6.54. The Labute approximate surface area is 203 Å². The number of carbonyl (C=O) groups excluding carboxylic acids is 2. The average molecular weight is 477 g/mol. The first-order valence-electron chi connectivity index (χ1n) is 9.76. The smallest absolute Gasteiger partial charge is 0.410 e. The standard InChI is InChI=1S/C13H21NO2.C9H12NO.CH3.Y/c1-5-6-11-7-9-14(10-8-11)12(15)16-13(2,3)4;1-2-3-9-4-6-10(8-11)7-5-9;;/h1,11H,6-10H2,2-4H3;1,9H,3-7H2;1H3;/q;2*-1;. The molecule has 29 heavy (non-hydrogen) atoms. The van der Waals surface area contributed by atoms with E-state index >= 15 is 0 Å². The molecule has 0 aromatic heterocycles. The number of nitrogens with zero attached hydrogens (tertiary/aromatic N) is 2. The second-order valence-electron chi connectivity index (χ2n) is 8.25. The van der Waals surface area contributed by atoms with E-state index in [1.54, 1.807) is 9.80 Å². The van der Waals surface area contributed by atoms with Crippen molar-refractivity contribution < 1.29 is 47.0 Å². The van der Waals surface area contributed by atoms with Crippen LogP contribution < -0.4 is 0 Å². The van der Waals surface area contributed by atoms with Crippen LogP contribution in [0.25, 0.3) is 0 Å². The number of amides is 2. The maximum absolute atomic E-state index is 11.7. The number of likely N-dealkylation sites (tertiary alicyclic amines) is 2. The predicted octanol–water partition coefficient (Wildman–Crippen LogP) is 3.89. The van der Waals surface area contributed by atoms with Crippen LogP contribution >= 0.6 is 0 Å². The van der Waals surface area contributed by atoms with Gasteiger partial charge < -0.3 is 26.8 Å². The summed E-state index contributed by atoms with van der Waals surface area (Å²) in [6.07, 6.45) is 17.9. The fourth-order valence-corrected chi connectivity index (χ4v) is 3.21. The second kappa shape index (κ2) is 15.8. The molecule has 2 rings (SSSR count). The van der Waals surface area contributed by atoms with Crippen molar-refractivity contribution in [3.8, 4) is 24.7 Å². The molecule has 2 aliphatic heterocycles. The quantitative estimate of drug-likeness (QED) is 0.458. The summed E-state index contributed by atoms with van der Waals surface area (Å²) in [6, 6.07) is 0. The summed E-state index contributed by atoms with van der Waals surface area (Å²) in [7, 11) is 0. The molecule has 0 aromatic rings. The van der Waals surface area contributed by atoms with Crippen LogP contribution in [0.5, 0.6) is 0 Å². The van der Waals surface area contributed by atoms with Gasteiger partial charge in [0, 0.05) is 58.6 Å². The fourth-order valence-electron chi connectivity index (χ4n) is 3.21. The van der Waals surface area contributed by atoms with Gasteiger partial charge >= 0.3 is 6.09 Å². The van der Waals surface area contributed by atoms with E-state index in [4.69, 9.17) is 17.6 Å². The molecule has 0 aliphatic carbocycles. The molecule has 1 radical (unpaired) electrons. The molecule has 0 N–H and O–H groups in total.